The Balaban J connectivity index is 1.67. The summed E-state index contributed by atoms with van der Waals surface area (Å²) >= 11 is 3.36. The Morgan fingerprint density at radius 2 is 2.21 bits per heavy atom. The Bertz CT molecular complexity index is 750. The molecule has 2 saturated heterocycles. The van der Waals surface area contributed by atoms with Gasteiger partial charge >= 0.3 is 5.97 Å². The fraction of sp³-hybridized carbons (Fsp3) is 0.526. The molecule has 2 aliphatic heterocycles. The lowest BCUT2D eigenvalue weighted by Crippen LogP contribution is -2.57. The number of carbonyl (C=O) groups excluding carboxylic acids is 3. The van der Waals surface area contributed by atoms with Gasteiger partial charge in [0.2, 0.25) is 5.91 Å². The smallest absolute Gasteiger partial charge is 0.308 e. The van der Waals surface area contributed by atoms with Crippen molar-refractivity contribution in [3.8, 4) is 5.75 Å². The summed E-state index contributed by atoms with van der Waals surface area (Å²) in [7, 11) is 1.54. The number of hydrogen-bond acceptors (Lipinski definition) is 6. The first-order chi connectivity index (χ1) is 13.5. The standard InChI is InChI=1S/C19H23BrN2O6/c1-26-16-5-4-12(9-14(16)20)19(25)22-7-6-21-18(24)15(22)10-17(23)28-11-13-3-2-8-27-13/h4-5,9,13,15H,2-3,6-8,10-11H2,1H3,(H,21,24). The number of halogens is 1. The molecule has 0 aromatic heterocycles. The minimum Gasteiger partial charge on any atom is -0.496 e. The van der Waals surface area contributed by atoms with Gasteiger partial charge < -0.3 is 24.4 Å². The summed E-state index contributed by atoms with van der Waals surface area (Å²) in [5.74, 6) is -0.607. The summed E-state index contributed by atoms with van der Waals surface area (Å²) in [5, 5.41) is 2.71. The van der Waals surface area contributed by atoms with Gasteiger partial charge in [0.15, 0.2) is 0 Å². The van der Waals surface area contributed by atoms with Gasteiger partial charge in [-0.3, -0.25) is 14.4 Å². The van der Waals surface area contributed by atoms with Crippen LogP contribution in [0.15, 0.2) is 22.7 Å². The molecule has 3 rings (SSSR count). The molecule has 0 spiro atoms. The second kappa shape index (κ2) is 9.38. The molecule has 1 aromatic rings. The molecule has 1 aromatic carbocycles. The minimum atomic E-state index is -0.904. The van der Waals surface area contributed by atoms with Gasteiger partial charge in [-0.1, -0.05) is 0 Å². The maximum atomic E-state index is 13.0. The number of benzene rings is 1. The molecule has 0 aliphatic carbocycles. The predicted octanol–water partition coefficient (Wildman–Crippen LogP) is 1.51. The topological polar surface area (TPSA) is 94.2 Å². The van der Waals surface area contributed by atoms with Crippen LogP contribution in [-0.2, 0) is 19.1 Å². The molecule has 0 bridgehead atoms. The zero-order valence-electron chi connectivity index (χ0n) is 15.6. The Kier molecular flexibility index (Phi) is 6.90. The van der Waals surface area contributed by atoms with E-state index in [1.54, 1.807) is 18.2 Å². The molecule has 0 radical (unpaired) electrons. The van der Waals surface area contributed by atoms with Crippen LogP contribution in [0.3, 0.4) is 0 Å². The Labute approximate surface area is 171 Å². The quantitative estimate of drug-likeness (QED) is 0.654. The normalized spacial score (nSPS) is 21.9. The molecule has 1 N–H and O–H groups in total. The van der Waals surface area contributed by atoms with Gasteiger partial charge in [-0.05, 0) is 47.0 Å². The highest BCUT2D eigenvalue weighted by Crippen LogP contribution is 2.27. The van der Waals surface area contributed by atoms with Gasteiger partial charge in [0, 0.05) is 25.3 Å². The van der Waals surface area contributed by atoms with E-state index in [1.807, 2.05) is 0 Å². The van der Waals surface area contributed by atoms with Crippen molar-refractivity contribution in [3.05, 3.63) is 28.2 Å². The summed E-state index contributed by atoms with van der Waals surface area (Å²) < 4.78 is 16.5. The lowest BCUT2D eigenvalue weighted by molar-refractivity contribution is -0.150. The number of rotatable bonds is 6. The monoisotopic (exact) mass is 454 g/mol. The molecular weight excluding hydrogens is 432 g/mol. The maximum Gasteiger partial charge on any atom is 0.308 e. The molecule has 2 heterocycles. The Morgan fingerprint density at radius 1 is 1.39 bits per heavy atom. The SMILES string of the molecule is COc1ccc(C(=O)N2CCNC(=O)C2CC(=O)OCC2CCCO2)cc1Br. The molecule has 152 valence electrons. The van der Waals surface area contributed by atoms with Gasteiger partial charge in [-0.2, -0.15) is 0 Å². The van der Waals surface area contributed by atoms with Crippen LogP contribution in [0.5, 0.6) is 5.75 Å². The summed E-state index contributed by atoms with van der Waals surface area (Å²) in [6.07, 6.45) is 1.53. The van der Waals surface area contributed by atoms with Crippen LogP contribution >= 0.6 is 15.9 Å². The largest absolute Gasteiger partial charge is 0.496 e. The van der Waals surface area contributed by atoms with Crippen LogP contribution in [-0.4, -0.2) is 68.2 Å². The average molecular weight is 455 g/mol. The first-order valence-corrected chi connectivity index (χ1v) is 9.98. The van der Waals surface area contributed by atoms with Crippen molar-refractivity contribution in [1.29, 1.82) is 0 Å². The van der Waals surface area contributed by atoms with Gasteiger partial charge in [-0.25, -0.2) is 0 Å². The lowest BCUT2D eigenvalue weighted by atomic mass is 10.1. The second-order valence-corrected chi connectivity index (χ2v) is 7.53. The highest BCUT2D eigenvalue weighted by molar-refractivity contribution is 9.10. The number of methoxy groups -OCH3 is 1. The number of carbonyl (C=O) groups is 3. The number of hydrogen-bond donors (Lipinski definition) is 1. The maximum absolute atomic E-state index is 13.0. The van der Waals surface area contributed by atoms with Crippen LogP contribution in [0.1, 0.15) is 29.6 Å². The number of esters is 1. The molecule has 9 heteroatoms. The van der Waals surface area contributed by atoms with E-state index in [4.69, 9.17) is 14.2 Å². The number of nitrogens with zero attached hydrogens (tertiary/aromatic N) is 1. The van der Waals surface area contributed by atoms with E-state index in [1.165, 1.54) is 12.0 Å². The summed E-state index contributed by atoms with van der Waals surface area (Å²) in [4.78, 5) is 39.0. The third-order valence-electron chi connectivity index (χ3n) is 4.80. The number of piperazine rings is 1. The van der Waals surface area contributed by atoms with E-state index in [2.05, 4.69) is 21.2 Å². The number of nitrogens with one attached hydrogen (secondary N) is 1. The second-order valence-electron chi connectivity index (χ2n) is 6.68. The highest BCUT2D eigenvalue weighted by Gasteiger charge is 2.36. The van der Waals surface area contributed by atoms with Crippen LogP contribution in [0, 0.1) is 0 Å². The van der Waals surface area contributed by atoms with E-state index in [0.29, 0.717) is 35.5 Å². The van der Waals surface area contributed by atoms with Crippen molar-refractivity contribution in [2.24, 2.45) is 0 Å². The van der Waals surface area contributed by atoms with E-state index in [-0.39, 0.29) is 30.9 Å². The van der Waals surface area contributed by atoms with Crippen LogP contribution < -0.4 is 10.1 Å². The molecule has 2 amide bonds. The zero-order chi connectivity index (χ0) is 20.1. The molecule has 0 saturated carbocycles. The van der Waals surface area contributed by atoms with Crippen LogP contribution in [0.2, 0.25) is 0 Å². The van der Waals surface area contributed by atoms with Crippen molar-refractivity contribution in [1.82, 2.24) is 10.2 Å². The van der Waals surface area contributed by atoms with Crippen molar-refractivity contribution in [3.63, 3.8) is 0 Å². The van der Waals surface area contributed by atoms with E-state index in [9.17, 15) is 14.4 Å². The summed E-state index contributed by atoms with van der Waals surface area (Å²) in [6, 6.07) is 4.04. The Morgan fingerprint density at radius 3 is 2.89 bits per heavy atom. The fourth-order valence-corrected chi connectivity index (χ4v) is 3.85. The summed E-state index contributed by atoms with van der Waals surface area (Å²) in [5.41, 5.74) is 0.403. The average Bonchev–Trinajstić information content (AvgIpc) is 3.21. The third kappa shape index (κ3) is 4.82. The van der Waals surface area contributed by atoms with E-state index >= 15 is 0 Å². The number of amides is 2. The summed E-state index contributed by atoms with van der Waals surface area (Å²) in [6.45, 7) is 1.50. The van der Waals surface area contributed by atoms with Crippen LogP contribution in [0.4, 0.5) is 0 Å². The number of ether oxygens (including phenoxy) is 3. The first kappa shape index (κ1) is 20.6. The van der Waals surface area contributed by atoms with Crippen LogP contribution in [0.25, 0.3) is 0 Å². The van der Waals surface area contributed by atoms with Crippen molar-refractivity contribution >= 4 is 33.7 Å². The highest BCUT2D eigenvalue weighted by atomic mass is 79.9. The molecule has 28 heavy (non-hydrogen) atoms. The van der Waals surface area contributed by atoms with E-state index < -0.39 is 12.0 Å². The predicted molar refractivity (Wildman–Crippen MR) is 103 cm³/mol. The van der Waals surface area contributed by atoms with Crippen molar-refractivity contribution < 1.29 is 28.6 Å². The zero-order valence-corrected chi connectivity index (χ0v) is 17.2. The van der Waals surface area contributed by atoms with Gasteiger partial charge in [0.1, 0.15) is 18.4 Å². The molecule has 2 aliphatic rings. The molecular formula is C19H23BrN2O6. The minimum absolute atomic E-state index is 0.0847. The van der Waals surface area contributed by atoms with Gasteiger partial charge in [0.05, 0.1) is 24.1 Å². The van der Waals surface area contributed by atoms with Crippen molar-refractivity contribution in [2.45, 2.75) is 31.4 Å². The molecule has 2 atom stereocenters. The van der Waals surface area contributed by atoms with Gasteiger partial charge in [-0.15, -0.1) is 0 Å². The van der Waals surface area contributed by atoms with Gasteiger partial charge in [0.25, 0.3) is 5.91 Å². The fourth-order valence-electron chi connectivity index (χ4n) is 3.30. The lowest BCUT2D eigenvalue weighted by Gasteiger charge is -2.34. The Hall–Kier alpha value is -2.13. The molecule has 2 fully saturated rings. The van der Waals surface area contributed by atoms with E-state index in [0.717, 1.165) is 12.8 Å². The molecule has 2 unspecified atom stereocenters. The first-order valence-electron chi connectivity index (χ1n) is 9.19. The third-order valence-corrected chi connectivity index (χ3v) is 5.42. The molecule has 8 nitrogen and oxygen atoms in total. The van der Waals surface area contributed by atoms with Crippen molar-refractivity contribution in [2.75, 3.05) is 33.4 Å².